The molecule has 3 N–H and O–H groups in total. The Kier molecular flexibility index (Phi) is 6.00. The van der Waals surface area contributed by atoms with Gasteiger partial charge in [-0.25, -0.2) is 0 Å². The van der Waals surface area contributed by atoms with Gasteiger partial charge < -0.3 is 11.1 Å². The Morgan fingerprint density at radius 3 is 2.77 bits per heavy atom. The van der Waals surface area contributed by atoms with E-state index in [1.165, 1.54) is 16.2 Å². The average molecular weight is 322 g/mol. The highest BCUT2D eigenvalue weighted by molar-refractivity contribution is 7.17. The van der Waals surface area contributed by atoms with Crippen LogP contribution in [-0.4, -0.2) is 11.8 Å². The van der Waals surface area contributed by atoms with Crippen LogP contribution in [0.5, 0.6) is 0 Å². The molecule has 22 heavy (non-hydrogen) atoms. The van der Waals surface area contributed by atoms with Crippen LogP contribution in [0, 0.1) is 5.92 Å². The second-order valence-electron chi connectivity index (χ2n) is 6.28. The monoisotopic (exact) mass is 322 g/mol. The lowest BCUT2D eigenvalue weighted by molar-refractivity contribution is -0.116. The maximum Gasteiger partial charge on any atom is 0.251 e. The Hall–Kier alpha value is -1.36. The lowest BCUT2D eigenvalue weighted by Gasteiger charge is -2.18. The number of carbonyl (C=O) groups excluding carboxylic acids is 2. The van der Waals surface area contributed by atoms with Crippen molar-refractivity contribution in [2.45, 2.75) is 65.2 Å². The Morgan fingerprint density at radius 1 is 1.32 bits per heavy atom. The molecule has 0 spiro atoms. The Bertz CT molecular complexity index is 551. The number of carbonyl (C=O) groups is 2. The summed E-state index contributed by atoms with van der Waals surface area (Å²) >= 11 is 1.53. The van der Waals surface area contributed by atoms with E-state index in [9.17, 15) is 9.59 Å². The van der Waals surface area contributed by atoms with E-state index in [0.29, 0.717) is 22.9 Å². The summed E-state index contributed by atoms with van der Waals surface area (Å²) in [5.41, 5.74) is 7.17. The molecule has 122 valence electrons. The Labute approximate surface area is 136 Å². The molecule has 0 aliphatic heterocycles. The number of hydrogen-bond donors (Lipinski definition) is 2. The quantitative estimate of drug-likeness (QED) is 0.748. The summed E-state index contributed by atoms with van der Waals surface area (Å²) in [6.45, 7) is 4.37. The van der Waals surface area contributed by atoms with E-state index in [-0.39, 0.29) is 5.91 Å². The van der Waals surface area contributed by atoms with Gasteiger partial charge in [-0.3, -0.25) is 9.59 Å². The van der Waals surface area contributed by atoms with Gasteiger partial charge in [0.05, 0.1) is 5.56 Å². The third kappa shape index (κ3) is 4.09. The van der Waals surface area contributed by atoms with Gasteiger partial charge in [-0.2, -0.15) is 0 Å². The molecule has 0 saturated carbocycles. The predicted octanol–water partition coefficient (Wildman–Crippen LogP) is 3.88. The third-order valence-corrected chi connectivity index (χ3v) is 5.44. The highest BCUT2D eigenvalue weighted by atomic mass is 32.1. The normalized spacial score (nSPS) is 17.1. The molecular weight excluding hydrogens is 296 g/mol. The zero-order valence-electron chi connectivity index (χ0n) is 13.5. The molecule has 1 aromatic rings. The van der Waals surface area contributed by atoms with Crippen LogP contribution < -0.4 is 11.1 Å². The second-order valence-corrected chi connectivity index (χ2v) is 7.38. The van der Waals surface area contributed by atoms with Gasteiger partial charge in [-0.1, -0.05) is 33.1 Å². The van der Waals surface area contributed by atoms with Crippen molar-refractivity contribution in [3.63, 3.8) is 0 Å². The van der Waals surface area contributed by atoms with E-state index in [2.05, 4.69) is 19.2 Å². The topological polar surface area (TPSA) is 72.2 Å². The average Bonchev–Trinajstić information content (AvgIpc) is 2.80. The summed E-state index contributed by atoms with van der Waals surface area (Å²) in [6, 6.07) is 0. The van der Waals surface area contributed by atoms with Crippen LogP contribution in [0.3, 0.4) is 0 Å². The number of nitrogens with one attached hydrogen (secondary N) is 1. The number of primary amides is 1. The van der Waals surface area contributed by atoms with Gasteiger partial charge in [0.2, 0.25) is 5.91 Å². The van der Waals surface area contributed by atoms with Crippen molar-refractivity contribution < 1.29 is 9.59 Å². The molecule has 1 heterocycles. The van der Waals surface area contributed by atoms with E-state index in [1.54, 1.807) is 0 Å². The van der Waals surface area contributed by atoms with Crippen molar-refractivity contribution in [2.75, 3.05) is 5.32 Å². The molecule has 0 bridgehead atoms. The van der Waals surface area contributed by atoms with E-state index in [0.717, 1.165) is 50.5 Å². The van der Waals surface area contributed by atoms with Gasteiger partial charge >= 0.3 is 0 Å². The van der Waals surface area contributed by atoms with Gasteiger partial charge in [-0.15, -0.1) is 11.3 Å². The van der Waals surface area contributed by atoms with Crippen LogP contribution in [0.1, 0.15) is 73.2 Å². The number of fused-ring (bicyclic) bond motifs is 1. The first-order valence-electron chi connectivity index (χ1n) is 8.27. The number of unbranched alkanes of at least 4 members (excludes halogenated alkanes) is 3. The number of thiophene rings is 1. The van der Waals surface area contributed by atoms with Crippen LogP contribution in [0.4, 0.5) is 5.00 Å². The smallest absolute Gasteiger partial charge is 0.251 e. The summed E-state index contributed by atoms with van der Waals surface area (Å²) in [6.07, 6.45) is 7.74. The largest absolute Gasteiger partial charge is 0.365 e. The summed E-state index contributed by atoms with van der Waals surface area (Å²) in [5.74, 6) is 0.197. The first kappa shape index (κ1) is 17.0. The molecule has 2 rings (SSSR count). The summed E-state index contributed by atoms with van der Waals surface area (Å²) in [7, 11) is 0. The van der Waals surface area contributed by atoms with Crippen LogP contribution in [0.15, 0.2) is 0 Å². The fraction of sp³-hybridized carbons (Fsp3) is 0.647. The van der Waals surface area contributed by atoms with Crippen LogP contribution >= 0.6 is 11.3 Å². The van der Waals surface area contributed by atoms with Gasteiger partial charge in [-0.05, 0) is 37.2 Å². The minimum absolute atomic E-state index is 0.00903. The maximum atomic E-state index is 12.1. The molecule has 1 aliphatic rings. The zero-order valence-corrected chi connectivity index (χ0v) is 14.4. The predicted molar refractivity (Wildman–Crippen MR) is 91.4 cm³/mol. The standard InChI is InChI=1S/C17H26N2O2S/c1-3-4-5-6-7-14(20)19-17-15(16(18)21)12-9-8-11(2)10-13(12)22-17/h11H,3-10H2,1-2H3,(H2,18,21)(H,19,20)/t11-/m1/s1. The van der Waals surface area contributed by atoms with Gasteiger partial charge in [0, 0.05) is 11.3 Å². The van der Waals surface area contributed by atoms with E-state index >= 15 is 0 Å². The zero-order chi connectivity index (χ0) is 16.1. The number of nitrogens with two attached hydrogens (primary N) is 1. The van der Waals surface area contributed by atoms with Crippen molar-refractivity contribution in [1.29, 1.82) is 0 Å². The second kappa shape index (κ2) is 7.77. The van der Waals surface area contributed by atoms with E-state index < -0.39 is 5.91 Å². The Morgan fingerprint density at radius 2 is 2.09 bits per heavy atom. The number of anilines is 1. The van der Waals surface area contributed by atoms with Crippen molar-refractivity contribution in [1.82, 2.24) is 0 Å². The number of hydrogen-bond acceptors (Lipinski definition) is 3. The molecule has 0 aromatic carbocycles. The molecule has 1 aliphatic carbocycles. The molecule has 0 unspecified atom stereocenters. The SMILES string of the molecule is CCCCCCC(=O)Nc1sc2c(c1C(N)=O)CC[C@@H](C)C2. The van der Waals surface area contributed by atoms with Gasteiger partial charge in [0.1, 0.15) is 5.00 Å². The number of amides is 2. The lowest BCUT2D eigenvalue weighted by atomic mass is 9.88. The molecule has 2 amide bonds. The molecular formula is C17H26N2O2S. The fourth-order valence-electron chi connectivity index (χ4n) is 3.00. The van der Waals surface area contributed by atoms with E-state index in [4.69, 9.17) is 5.73 Å². The minimum Gasteiger partial charge on any atom is -0.365 e. The lowest BCUT2D eigenvalue weighted by Crippen LogP contribution is -2.19. The Balaban J connectivity index is 2.07. The molecule has 0 radical (unpaired) electrons. The maximum absolute atomic E-state index is 12.1. The molecule has 1 aromatic heterocycles. The summed E-state index contributed by atoms with van der Waals surface area (Å²) in [5, 5.41) is 3.58. The van der Waals surface area contributed by atoms with Crippen LogP contribution in [0.2, 0.25) is 0 Å². The van der Waals surface area contributed by atoms with Crippen LogP contribution in [-0.2, 0) is 17.6 Å². The van der Waals surface area contributed by atoms with Crippen molar-refractivity contribution in [3.8, 4) is 0 Å². The van der Waals surface area contributed by atoms with Gasteiger partial charge in [0.15, 0.2) is 0 Å². The van der Waals surface area contributed by atoms with Crippen molar-refractivity contribution in [3.05, 3.63) is 16.0 Å². The van der Waals surface area contributed by atoms with Gasteiger partial charge in [0.25, 0.3) is 5.91 Å². The fourth-order valence-corrected chi connectivity index (χ4v) is 4.43. The molecule has 1 atom stereocenters. The van der Waals surface area contributed by atoms with Crippen LogP contribution in [0.25, 0.3) is 0 Å². The molecule has 0 saturated heterocycles. The number of rotatable bonds is 7. The van der Waals surface area contributed by atoms with E-state index in [1.807, 2.05) is 0 Å². The highest BCUT2D eigenvalue weighted by Gasteiger charge is 2.27. The van der Waals surface area contributed by atoms with Crippen molar-refractivity contribution >= 4 is 28.2 Å². The molecule has 5 heteroatoms. The first-order valence-corrected chi connectivity index (χ1v) is 9.08. The minimum atomic E-state index is -0.423. The third-order valence-electron chi connectivity index (χ3n) is 4.27. The molecule has 4 nitrogen and oxygen atoms in total. The van der Waals surface area contributed by atoms with Crippen molar-refractivity contribution in [2.24, 2.45) is 11.7 Å². The summed E-state index contributed by atoms with van der Waals surface area (Å²) in [4.78, 5) is 25.1. The first-order chi connectivity index (χ1) is 10.5. The highest BCUT2D eigenvalue weighted by Crippen LogP contribution is 2.39. The summed E-state index contributed by atoms with van der Waals surface area (Å²) < 4.78 is 0. The molecule has 0 fully saturated rings.